The summed E-state index contributed by atoms with van der Waals surface area (Å²) in [5.41, 5.74) is -0.734. The van der Waals surface area contributed by atoms with Gasteiger partial charge in [0.25, 0.3) is 0 Å². The molecule has 0 spiro atoms. The van der Waals surface area contributed by atoms with E-state index in [1.165, 1.54) is 0 Å². The summed E-state index contributed by atoms with van der Waals surface area (Å²) < 4.78 is 9.85. The third-order valence-electron chi connectivity index (χ3n) is 2.58. The monoisotopic (exact) mass is 279 g/mol. The molecule has 1 heterocycles. The molecule has 5 N–H and O–H groups in total. The Balaban J connectivity index is 2.65. The van der Waals surface area contributed by atoms with Crippen molar-refractivity contribution in [3.63, 3.8) is 0 Å². The number of hydrogen-bond acceptors (Lipinski definition) is 7. The number of hydrogen-bond donors (Lipinski definition) is 5. The van der Waals surface area contributed by atoms with Crippen LogP contribution in [0.25, 0.3) is 0 Å². The second kappa shape index (κ2) is 6.02. The molecule has 2 unspecified atom stereocenters. The van der Waals surface area contributed by atoms with Gasteiger partial charge in [0.15, 0.2) is 6.29 Å². The minimum absolute atomic E-state index is 0.561. The Morgan fingerprint density at radius 3 is 2.32 bits per heavy atom. The Labute approximate surface area is 110 Å². The van der Waals surface area contributed by atoms with E-state index in [0.717, 1.165) is 0 Å². The fourth-order valence-corrected chi connectivity index (χ4v) is 1.70. The number of nitrogens with one attached hydrogen (secondary N) is 1. The van der Waals surface area contributed by atoms with E-state index in [1.54, 1.807) is 20.8 Å². The van der Waals surface area contributed by atoms with Gasteiger partial charge in [0.1, 0.15) is 30.0 Å². The number of amides is 1. The standard InChI is InChI=1S/C11H21NO7/c1-11(2,3)19-10(17)12-6-8(15)7(14)5(4-13)18-9(6)16/h5-9,13-16H,4H2,1-3H3,(H,12,17)/t5?,6-,7-,8?,9+/m0/s1. The van der Waals surface area contributed by atoms with Crippen molar-refractivity contribution < 1.29 is 34.7 Å². The number of rotatable bonds is 2. The molecule has 112 valence electrons. The molecule has 19 heavy (non-hydrogen) atoms. The van der Waals surface area contributed by atoms with Gasteiger partial charge < -0.3 is 35.2 Å². The summed E-state index contributed by atoms with van der Waals surface area (Å²) in [5, 5.41) is 40.2. The van der Waals surface area contributed by atoms with Crippen LogP contribution in [0.4, 0.5) is 4.79 Å². The van der Waals surface area contributed by atoms with Crippen molar-refractivity contribution >= 4 is 6.09 Å². The minimum Gasteiger partial charge on any atom is -0.444 e. The van der Waals surface area contributed by atoms with E-state index in [-0.39, 0.29) is 0 Å². The van der Waals surface area contributed by atoms with Gasteiger partial charge in [-0.1, -0.05) is 0 Å². The summed E-state index contributed by atoms with van der Waals surface area (Å²) in [4.78, 5) is 11.5. The van der Waals surface area contributed by atoms with Crippen LogP contribution in [0.2, 0.25) is 0 Å². The van der Waals surface area contributed by atoms with Gasteiger partial charge in [-0.05, 0) is 20.8 Å². The maximum absolute atomic E-state index is 11.5. The number of alkyl carbamates (subject to hydrolysis) is 1. The quantitative estimate of drug-likeness (QED) is 0.408. The molecule has 1 saturated heterocycles. The molecule has 1 fully saturated rings. The summed E-state index contributed by atoms with van der Waals surface area (Å²) in [7, 11) is 0. The van der Waals surface area contributed by atoms with Crippen LogP contribution in [-0.2, 0) is 9.47 Å². The Morgan fingerprint density at radius 1 is 1.26 bits per heavy atom. The van der Waals surface area contributed by atoms with Crippen LogP contribution in [0.15, 0.2) is 0 Å². The Hall–Kier alpha value is -0.930. The largest absolute Gasteiger partial charge is 0.444 e. The number of carbonyl (C=O) groups excluding carboxylic acids is 1. The third-order valence-corrected chi connectivity index (χ3v) is 2.58. The first-order chi connectivity index (χ1) is 8.65. The SMILES string of the molecule is CC(C)(C)OC(=O)N[C@H]1C(O)[C@@H](O)C(CO)O[C@H]1O. The first kappa shape index (κ1) is 16.1. The maximum atomic E-state index is 11.5. The fraction of sp³-hybridized carbons (Fsp3) is 0.909. The molecule has 0 aromatic carbocycles. The van der Waals surface area contributed by atoms with Crippen LogP contribution in [0, 0.1) is 0 Å². The van der Waals surface area contributed by atoms with Gasteiger partial charge in [-0.25, -0.2) is 4.79 Å². The molecule has 8 nitrogen and oxygen atoms in total. The van der Waals surface area contributed by atoms with Crippen molar-refractivity contribution in [1.29, 1.82) is 0 Å². The number of ether oxygens (including phenoxy) is 2. The van der Waals surface area contributed by atoms with E-state index in [1.807, 2.05) is 0 Å². The number of aliphatic hydroxyl groups is 4. The number of aliphatic hydroxyl groups excluding tert-OH is 4. The highest BCUT2D eigenvalue weighted by molar-refractivity contribution is 5.68. The van der Waals surface area contributed by atoms with Gasteiger partial charge in [0.2, 0.25) is 0 Å². The van der Waals surface area contributed by atoms with Gasteiger partial charge >= 0.3 is 6.09 Å². The van der Waals surface area contributed by atoms with Crippen LogP contribution in [0.5, 0.6) is 0 Å². The lowest BCUT2D eigenvalue weighted by molar-refractivity contribution is -0.253. The molecule has 0 aromatic rings. The van der Waals surface area contributed by atoms with Crippen LogP contribution in [0.1, 0.15) is 20.8 Å². The van der Waals surface area contributed by atoms with E-state index in [4.69, 9.17) is 14.6 Å². The second-order valence-corrected chi connectivity index (χ2v) is 5.40. The zero-order valence-electron chi connectivity index (χ0n) is 11.1. The van der Waals surface area contributed by atoms with Gasteiger partial charge in [-0.2, -0.15) is 0 Å². The Morgan fingerprint density at radius 2 is 1.84 bits per heavy atom. The molecule has 0 aromatic heterocycles. The van der Waals surface area contributed by atoms with Crippen molar-refractivity contribution in [2.45, 2.75) is 57.0 Å². The smallest absolute Gasteiger partial charge is 0.408 e. The second-order valence-electron chi connectivity index (χ2n) is 5.40. The van der Waals surface area contributed by atoms with Gasteiger partial charge in [0.05, 0.1) is 6.61 Å². The highest BCUT2D eigenvalue weighted by atomic mass is 16.6. The topological polar surface area (TPSA) is 128 Å². The van der Waals surface area contributed by atoms with E-state index in [0.29, 0.717) is 0 Å². The first-order valence-corrected chi connectivity index (χ1v) is 5.95. The van der Waals surface area contributed by atoms with Crippen molar-refractivity contribution in [2.24, 2.45) is 0 Å². The van der Waals surface area contributed by atoms with Crippen molar-refractivity contribution in [2.75, 3.05) is 6.61 Å². The highest BCUT2D eigenvalue weighted by Crippen LogP contribution is 2.20. The third kappa shape index (κ3) is 4.29. The number of carbonyl (C=O) groups is 1. The Kier molecular flexibility index (Phi) is 5.11. The zero-order chi connectivity index (χ0) is 14.8. The molecule has 0 radical (unpaired) electrons. The maximum Gasteiger partial charge on any atom is 0.408 e. The predicted molar refractivity (Wildman–Crippen MR) is 63.1 cm³/mol. The van der Waals surface area contributed by atoms with Crippen LogP contribution < -0.4 is 5.32 Å². The summed E-state index contributed by atoms with van der Waals surface area (Å²) >= 11 is 0. The molecule has 1 rings (SSSR count). The molecule has 0 bridgehead atoms. The van der Waals surface area contributed by atoms with Crippen molar-refractivity contribution in [1.82, 2.24) is 5.32 Å². The summed E-state index contributed by atoms with van der Waals surface area (Å²) in [6.45, 7) is 4.42. The van der Waals surface area contributed by atoms with E-state index >= 15 is 0 Å². The normalized spacial score (nSPS) is 35.8. The summed E-state index contributed by atoms with van der Waals surface area (Å²) in [5.74, 6) is 0. The molecule has 8 heteroatoms. The molecule has 1 aliphatic heterocycles. The lowest BCUT2D eigenvalue weighted by Gasteiger charge is -2.40. The van der Waals surface area contributed by atoms with Gasteiger partial charge in [-0.3, -0.25) is 0 Å². The average Bonchev–Trinajstić information content (AvgIpc) is 2.27. The molecule has 0 saturated carbocycles. The van der Waals surface area contributed by atoms with Crippen molar-refractivity contribution in [3.05, 3.63) is 0 Å². The van der Waals surface area contributed by atoms with Crippen LogP contribution >= 0.6 is 0 Å². The zero-order valence-corrected chi connectivity index (χ0v) is 11.1. The van der Waals surface area contributed by atoms with Crippen molar-refractivity contribution in [3.8, 4) is 0 Å². The van der Waals surface area contributed by atoms with E-state index in [2.05, 4.69) is 5.32 Å². The average molecular weight is 279 g/mol. The first-order valence-electron chi connectivity index (χ1n) is 5.95. The highest BCUT2D eigenvalue weighted by Gasteiger charge is 2.44. The molecule has 0 aliphatic carbocycles. The lowest BCUT2D eigenvalue weighted by Crippen LogP contribution is -2.64. The molecule has 1 aliphatic rings. The van der Waals surface area contributed by atoms with Crippen LogP contribution in [-0.4, -0.2) is 69.4 Å². The molecule has 5 atom stereocenters. The van der Waals surface area contributed by atoms with Gasteiger partial charge in [0, 0.05) is 0 Å². The lowest BCUT2D eigenvalue weighted by atomic mass is 9.97. The van der Waals surface area contributed by atoms with E-state index in [9.17, 15) is 20.1 Å². The predicted octanol–water partition coefficient (Wildman–Crippen LogP) is -1.69. The minimum atomic E-state index is -1.55. The molecular formula is C11H21NO7. The summed E-state index contributed by atoms with van der Waals surface area (Å²) in [6, 6.07) is -1.24. The molecule has 1 amide bonds. The van der Waals surface area contributed by atoms with E-state index < -0.39 is 48.9 Å². The fourth-order valence-electron chi connectivity index (χ4n) is 1.70. The van der Waals surface area contributed by atoms with Gasteiger partial charge in [-0.15, -0.1) is 0 Å². The van der Waals surface area contributed by atoms with Crippen LogP contribution in [0.3, 0.4) is 0 Å². The molecular weight excluding hydrogens is 258 g/mol. The Bertz CT molecular complexity index is 317. The summed E-state index contributed by atoms with van der Waals surface area (Å²) in [6.07, 6.45) is -6.42.